The van der Waals surface area contributed by atoms with Crippen molar-refractivity contribution in [3.8, 4) is 0 Å². The van der Waals surface area contributed by atoms with Crippen LogP contribution in [0, 0.1) is 20.2 Å². The van der Waals surface area contributed by atoms with Gasteiger partial charge < -0.3 is 4.74 Å². The molecule has 0 heterocycles. The molecule has 0 saturated heterocycles. The highest BCUT2D eigenvalue weighted by Gasteiger charge is 2.27. The van der Waals surface area contributed by atoms with Crippen LogP contribution >= 0.6 is 23.4 Å². The Morgan fingerprint density at radius 3 is 2.09 bits per heavy atom. The zero-order chi connectivity index (χ0) is 16.9. The first-order valence-electron chi connectivity index (χ1n) is 5.62. The molecule has 0 saturated carbocycles. The molecule has 1 rings (SSSR count). The molecule has 0 aliphatic heterocycles. The van der Waals surface area contributed by atoms with E-state index in [2.05, 4.69) is 4.74 Å². The molecule has 1 aromatic rings. The normalized spacial score (nSPS) is 10.1. The maximum absolute atomic E-state index is 11.1. The van der Waals surface area contributed by atoms with Gasteiger partial charge in [0.05, 0.1) is 9.85 Å². The fraction of sp³-hybridized carbons (Fsp3) is 0.273. The molecule has 0 atom stereocenters. The standard InChI is InChI=1S/C11H9ClN2O7S/c1-6(15)22-5-8-9(13(17)18)2-7(4-21-11(12)16)3-10(8)14(19)20/h2-3H,4-5H2,1H3. The van der Waals surface area contributed by atoms with E-state index in [0.717, 1.165) is 23.9 Å². The second kappa shape index (κ2) is 7.71. The summed E-state index contributed by atoms with van der Waals surface area (Å²) in [6.07, 6.45) is 0. The third-order valence-corrected chi connectivity index (χ3v) is 3.38. The predicted octanol–water partition coefficient (Wildman–Crippen LogP) is 3.16. The Bertz CT molecular complexity index is 614. The van der Waals surface area contributed by atoms with Gasteiger partial charge in [0, 0.05) is 42.0 Å². The van der Waals surface area contributed by atoms with Crippen molar-refractivity contribution < 1.29 is 24.2 Å². The van der Waals surface area contributed by atoms with Crippen LogP contribution < -0.4 is 0 Å². The van der Waals surface area contributed by atoms with Gasteiger partial charge in [-0.1, -0.05) is 11.8 Å². The smallest absolute Gasteiger partial charge is 0.404 e. The van der Waals surface area contributed by atoms with Crippen LogP contribution in [-0.4, -0.2) is 20.4 Å². The molecule has 9 nitrogen and oxygen atoms in total. The van der Waals surface area contributed by atoms with Crippen molar-refractivity contribution >= 4 is 45.3 Å². The highest BCUT2D eigenvalue weighted by molar-refractivity contribution is 8.12. The van der Waals surface area contributed by atoms with Gasteiger partial charge in [0.25, 0.3) is 11.4 Å². The minimum Gasteiger partial charge on any atom is -0.449 e. The first-order chi connectivity index (χ1) is 10.2. The van der Waals surface area contributed by atoms with Gasteiger partial charge in [0.1, 0.15) is 12.2 Å². The Morgan fingerprint density at radius 2 is 1.73 bits per heavy atom. The molecule has 0 spiro atoms. The summed E-state index contributed by atoms with van der Waals surface area (Å²) in [6.45, 7) is 0.806. The molecule has 11 heteroatoms. The van der Waals surface area contributed by atoms with Crippen LogP contribution in [-0.2, 0) is 21.9 Å². The van der Waals surface area contributed by atoms with Gasteiger partial charge in [-0.2, -0.15) is 0 Å². The number of hydrogen-bond acceptors (Lipinski definition) is 8. The van der Waals surface area contributed by atoms with Crippen LogP contribution in [0.1, 0.15) is 18.1 Å². The van der Waals surface area contributed by atoms with Gasteiger partial charge in [-0.3, -0.25) is 25.0 Å². The topological polar surface area (TPSA) is 130 Å². The summed E-state index contributed by atoms with van der Waals surface area (Å²) in [6, 6.07) is 2.09. The van der Waals surface area contributed by atoms with E-state index >= 15 is 0 Å². The molecule has 22 heavy (non-hydrogen) atoms. The SMILES string of the molecule is CC(=O)SCc1c([N+](=O)[O-])cc(COC(=O)Cl)cc1[N+](=O)[O-]. The van der Waals surface area contributed by atoms with E-state index in [1.165, 1.54) is 6.92 Å². The maximum atomic E-state index is 11.1. The van der Waals surface area contributed by atoms with E-state index in [1.54, 1.807) is 0 Å². The molecule has 0 aromatic heterocycles. The molecule has 0 amide bonds. The van der Waals surface area contributed by atoms with Gasteiger partial charge in [-0.25, -0.2) is 4.79 Å². The lowest BCUT2D eigenvalue weighted by molar-refractivity contribution is -0.395. The average molecular weight is 349 g/mol. The van der Waals surface area contributed by atoms with Crippen LogP contribution in [0.5, 0.6) is 0 Å². The lowest BCUT2D eigenvalue weighted by atomic mass is 10.1. The molecule has 0 aliphatic rings. The first-order valence-corrected chi connectivity index (χ1v) is 6.99. The number of halogens is 1. The summed E-state index contributed by atoms with van der Waals surface area (Å²) in [5.41, 5.74) is -2.33. The van der Waals surface area contributed by atoms with E-state index in [-0.39, 0.29) is 22.0 Å². The fourth-order valence-corrected chi connectivity index (χ4v) is 2.27. The van der Waals surface area contributed by atoms with E-state index < -0.39 is 33.3 Å². The van der Waals surface area contributed by atoms with Crippen LogP contribution in [0.3, 0.4) is 0 Å². The van der Waals surface area contributed by atoms with Crippen molar-refractivity contribution in [2.45, 2.75) is 19.3 Å². The Hall–Kier alpha value is -2.20. The second-order valence-electron chi connectivity index (χ2n) is 3.93. The van der Waals surface area contributed by atoms with Crippen molar-refractivity contribution in [1.82, 2.24) is 0 Å². The summed E-state index contributed by atoms with van der Waals surface area (Å²) in [5.74, 6) is -0.211. The van der Waals surface area contributed by atoms with Crippen LogP contribution in [0.4, 0.5) is 16.2 Å². The number of nitrogens with zero attached hydrogens (tertiary/aromatic N) is 2. The fourth-order valence-electron chi connectivity index (χ4n) is 1.57. The summed E-state index contributed by atoms with van der Waals surface area (Å²) < 4.78 is 4.46. The molecule has 1 aromatic carbocycles. The van der Waals surface area contributed by atoms with Gasteiger partial charge >= 0.3 is 5.43 Å². The molecule has 0 fully saturated rings. The van der Waals surface area contributed by atoms with E-state index in [0.29, 0.717) is 0 Å². The van der Waals surface area contributed by atoms with Crippen LogP contribution in [0.25, 0.3) is 0 Å². The molecular weight excluding hydrogens is 340 g/mol. The number of rotatable bonds is 6. The predicted molar refractivity (Wildman–Crippen MR) is 77.8 cm³/mol. The highest BCUT2D eigenvalue weighted by Crippen LogP contribution is 2.34. The molecule has 0 aliphatic carbocycles. The second-order valence-corrected chi connectivity index (χ2v) is 5.39. The molecule has 0 unspecified atom stereocenters. The quantitative estimate of drug-likeness (QED) is 0.435. The Labute approximate surface area is 132 Å². The summed E-state index contributed by atoms with van der Waals surface area (Å²) in [5, 5.41) is 21.8. The lowest BCUT2D eigenvalue weighted by Gasteiger charge is -2.07. The van der Waals surface area contributed by atoms with Crippen molar-refractivity contribution in [1.29, 1.82) is 0 Å². The number of ether oxygens (including phenoxy) is 1. The maximum Gasteiger partial charge on any atom is 0.404 e. The Morgan fingerprint density at radius 1 is 1.23 bits per heavy atom. The zero-order valence-corrected chi connectivity index (χ0v) is 12.7. The molecule has 118 valence electrons. The number of hydrogen-bond donors (Lipinski definition) is 0. The molecular formula is C11H9ClN2O7S. The van der Waals surface area contributed by atoms with Crippen molar-refractivity contribution in [2.24, 2.45) is 0 Å². The number of nitro groups is 2. The Balaban J connectivity index is 3.33. The highest BCUT2D eigenvalue weighted by atomic mass is 35.5. The number of nitro benzene ring substituents is 2. The van der Waals surface area contributed by atoms with Crippen molar-refractivity contribution in [3.05, 3.63) is 43.5 Å². The van der Waals surface area contributed by atoms with E-state index in [9.17, 15) is 29.8 Å². The van der Waals surface area contributed by atoms with E-state index in [4.69, 9.17) is 11.6 Å². The monoisotopic (exact) mass is 348 g/mol. The summed E-state index contributed by atoms with van der Waals surface area (Å²) in [7, 11) is 0. The third-order valence-electron chi connectivity index (χ3n) is 2.43. The van der Waals surface area contributed by atoms with Crippen molar-refractivity contribution in [3.63, 3.8) is 0 Å². The lowest BCUT2D eigenvalue weighted by Crippen LogP contribution is -2.04. The molecule has 0 radical (unpaired) electrons. The minimum absolute atomic E-state index is 0.0453. The van der Waals surface area contributed by atoms with Gasteiger partial charge in [0.15, 0.2) is 5.12 Å². The number of thioether (sulfide) groups is 1. The van der Waals surface area contributed by atoms with Crippen LogP contribution in [0.15, 0.2) is 12.1 Å². The summed E-state index contributed by atoms with van der Waals surface area (Å²) in [4.78, 5) is 42.1. The molecule has 0 bridgehead atoms. The Kier molecular flexibility index (Phi) is 6.25. The number of carbonyl (C=O) groups is 2. The minimum atomic E-state index is -1.14. The summed E-state index contributed by atoms with van der Waals surface area (Å²) >= 11 is 5.70. The first kappa shape index (κ1) is 17.9. The number of benzene rings is 1. The largest absolute Gasteiger partial charge is 0.449 e. The molecule has 0 N–H and O–H groups in total. The van der Waals surface area contributed by atoms with E-state index in [1.807, 2.05) is 0 Å². The van der Waals surface area contributed by atoms with Crippen molar-refractivity contribution in [2.75, 3.05) is 0 Å². The van der Waals surface area contributed by atoms with Gasteiger partial charge in [-0.15, -0.1) is 0 Å². The van der Waals surface area contributed by atoms with Gasteiger partial charge in [-0.05, 0) is 0 Å². The number of carbonyl (C=O) groups excluding carboxylic acids is 2. The van der Waals surface area contributed by atoms with Crippen LogP contribution in [0.2, 0.25) is 0 Å². The average Bonchev–Trinajstić information content (AvgIpc) is 2.41. The van der Waals surface area contributed by atoms with Gasteiger partial charge in [0.2, 0.25) is 0 Å². The zero-order valence-electron chi connectivity index (χ0n) is 11.1. The third kappa shape index (κ3) is 4.97.